The first kappa shape index (κ1) is 24.7. The lowest BCUT2D eigenvalue weighted by Gasteiger charge is -2.15. The van der Waals surface area contributed by atoms with E-state index in [9.17, 15) is 13.2 Å². The van der Waals surface area contributed by atoms with Crippen LogP contribution in [0.25, 0.3) is 44.6 Å². The molecule has 6 aromatic rings. The second-order valence-corrected chi connectivity index (χ2v) is 8.30. The Kier molecular flexibility index (Phi) is 6.17. The van der Waals surface area contributed by atoms with E-state index in [4.69, 9.17) is 0 Å². The Labute approximate surface area is 213 Å². The summed E-state index contributed by atoms with van der Waals surface area (Å²) < 4.78 is 39.7. The third-order valence-electron chi connectivity index (χ3n) is 5.98. The molecule has 6 rings (SSSR count). The molecule has 190 valence electrons. The number of aryl methyl sites for hydroxylation is 1. The van der Waals surface area contributed by atoms with E-state index in [0.717, 1.165) is 28.8 Å². The fourth-order valence-electron chi connectivity index (χ4n) is 4.30. The Morgan fingerprint density at radius 2 is 1.66 bits per heavy atom. The molecule has 5 N–H and O–H groups in total. The van der Waals surface area contributed by atoms with Gasteiger partial charge in [-0.25, -0.2) is 24.9 Å². The van der Waals surface area contributed by atoms with Crippen molar-refractivity contribution in [2.45, 2.75) is 13.1 Å². The molecule has 0 spiro atoms. The zero-order valence-electron chi connectivity index (χ0n) is 20.0. The van der Waals surface area contributed by atoms with Gasteiger partial charge in [0.25, 0.3) is 0 Å². The molecule has 2 aromatic carbocycles. The van der Waals surface area contributed by atoms with Gasteiger partial charge in [0.2, 0.25) is 0 Å². The van der Waals surface area contributed by atoms with E-state index in [1.165, 1.54) is 18.7 Å². The van der Waals surface area contributed by atoms with Crippen molar-refractivity contribution in [3.8, 4) is 22.5 Å². The van der Waals surface area contributed by atoms with Crippen LogP contribution in [-0.2, 0) is 6.18 Å². The van der Waals surface area contributed by atoms with Crippen LogP contribution >= 0.6 is 0 Å². The maximum Gasteiger partial charge on any atom is 0.416 e. The molecule has 0 aliphatic rings. The van der Waals surface area contributed by atoms with Crippen LogP contribution in [0.5, 0.6) is 0 Å². The first-order valence-corrected chi connectivity index (χ1v) is 11.2. The molecule has 0 bridgehead atoms. The van der Waals surface area contributed by atoms with Crippen molar-refractivity contribution < 1.29 is 13.2 Å². The number of aromatic amines is 1. The number of anilines is 2. The largest absolute Gasteiger partial charge is 0.416 e. The summed E-state index contributed by atoms with van der Waals surface area (Å²) in [6, 6.07) is 12.4. The van der Waals surface area contributed by atoms with Crippen molar-refractivity contribution in [3.63, 3.8) is 0 Å². The van der Waals surface area contributed by atoms with Crippen LogP contribution in [0, 0.1) is 6.92 Å². The highest BCUT2D eigenvalue weighted by molar-refractivity contribution is 6.04. The van der Waals surface area contributed by atoms with Crippen LogP contribution in [0.2, 0.25) is 0 Å². The Morgan fingerprint density at radius 3 is 2.50 bits per heavy atom. The van der Waals surface area contributed by atoms with Crippen LogP contribution in [-0.4, -0.2) is 34.9 Å². The topological polar surface area (TPSA) is 140 Å². The number of imidazole rings is 1. The first-order chi connectivity index (χ1) is 17.9. The monoisotopic (exact) mass is 515 g/mol. The lowest BCUT2D eigenvalue weighted by Crippen LogP contribution is -2.05. The highest BCUT2D eigenvalue weighted by atomic mass is 19.4. The van der Waals surface area contributed by atoms with Gasteiger partial charge in [-0.3, -0.25) is 4.98 Å². The standard InChI is InChI=1S/C26H17F3N8.H3N/c1-14-7-8-18-21(31-11-34-24(18)37-16-5-2-4-15(10-16)26(27,28)29)19(14)20-17(6-3-9-30-20)22-23-25(35-12-32-22)36-13-33-23;/h2-13H,1H3,(H,31,34,37)(H,32,33,35,36);1H3. The number of fused-ring (bicyclic) bond motifs is 2. The predicted octanol–water partition coefficient (Wildman–Crippen LogP) is 6.26. The van der Waals surface area contributed by atoms with Crippen molar-refractivity contribution in [1.29, 1.82) is 0 Å². The molecule has 9 nitrogen and oxygen atoms in total. The molecule has 4 aromatic heterocycles. The molecule has 0 amide bonds. The summed E-state index contributed by atoms with van der Waals surface area (Å²) in [4.78, 5) is 29.6. The van der Waals surface area contributed by atoms with Crippen LogP contribution in [0.1, 0.15) is 11.1 Å². The summed E-state index contributed by atoms with van der Waals surface area (Å²) in [7, 11) is 0. The summed E-state index contributed by atoms with van der Waals surface area (Å²) in [6.45, 7) is 1.94. The van der Waals surface area contributed by atoms with Crippen molar-refractivity contribution >= 4 is 33.6 Å². The van der Waals surface area contributed by atoms with Gasteiger partial charge in [-0.15, -0.1) is 0 Å². The second kappa shape index (κ2) is 9.48. The Hall–Kier alpha value is -4.97. The average Bonchev–Trinajstić information content (AvgIpc) is 3.38. The van der Waals surface area contributed by atoms with E-state index >= 15 is 0 Å². The molecular formula is C26H20F3N9. The molecule has 0 saturated heterocycles. The molecule has 0 aliphatic carbocycles. The Bertz CT molecular complexity index is 1780. The number of hydrogen-bond acceptors (Lipinski definition) is 8. The number of alkyl halides is 3. The first-order valence-electron chi connectivity index (χ1n) is 11.2. The summed E-state index contributed by atoms with van der Waals surface area (Å²) in [6.07, 6.45) is 1.62. The minimum absolute atomic E-state index is 0. The van der Waals surface area contributed by atoms with Gasteiger partial charge < -0.3 is 16.5 Å². The van der Waals surface area contributed by atoms with Gasteiger partial charge in [-0.05, 0) is 48.9 Å². The van der Waals surface area contributed by atoms with Crippen molar-refractivity contribution in [3.05, 3.63) is 84.8 Å². The van der Waals surface area contributed by atoms with Crippen molar-refractivity contribution in [1.82, 2.24) is 41.0 Å². The lowest BCUT2D eigenvalue weighted by molar-refractivity contribution is -0.137. The third-order valence-corrected chi connectivity index (χ3v) is 5.98. The number of nitrogens with zero attached hydrogens (tertiary/aromatic N) is 6. The van der Waals surface area contributed by atoms with E-state index in [0.29, 0.717) is 39.3 Å². The molecule has 38 heavy (non-hydrogen) atoms. The smallest absolute Gasteiger partial charge is 0.344 e. The highest BCUT2D eigenvalue weighted by Crippen LogP contribution is 2.38. The summed E-state index contributed by atoms with van der Waals surface area (Å²) in [5.41, 5.74) is 4.96. The molecule has 4 heterocycles. The Balaban J connectivity index is 0.00000294. The molecule has 0 radical (unpaired) electrons. The van der Waals surface area contributed by atoms with Crippen molar-refractivity contribution in [2.24, 2.45) is 0 Å². The number of H-pyrrole nitrogens is 1. The van der Waals surface area contributed by atoms with E-state index in [2.05, 4.69) is 40.2 Å². The molecule has 0 saturated carbocycles. The number of aromatic nitrogens is 7. The zero-order valence-corrected chi connectivity index (χ0v) is 20.0. The molecule has 0 atom stereocenters. The number of halogens is 3. The number of hydrogen-bond donors (Lipinski definition) is 3. The van der Waals surface area contributed by atoms with Gasteiger partial charge >= 0.3 is 6.18 Å². The van der Waals surface area contributed by atoms with E-state index in [1.807, 2.05) is 31.2 Å². The third kappa shape index (κ3) is 4.26. The second-order valence-electron chi connectivity index (χ2n) is 8.30. The maximum atomic E-state index is 13.2. The van der Waals surface area contributed by atoms with Crippen LogP contribution in [0.4, 0.5) is 24.7 Å². The molecule has 0 aliphatic heterocycles. The van der Waals surface area contributed by atoms with Gasteiger partial charge in [-0.1, -0.05) is 12.1 Å². The molecular weight excluding hydrogens is 495 g/mol. The average molecular weight is 516 g/mol. The summed E-state index contributed by atoms with van der Waals surface area (Å²) >= 11 is 0. The summed E-state index contributed by atoms with van der Waals surface area (Å²) in [5.74, 6) is 0.375. The minimum Gasteiger partial charge on any atom is -0.344 e. The van der Waals surface area contributed by atoms with Gasteiger partial charge in [0, 0.05) is 28.4 Å². The predicted molar refractivity (Wildman–Crippen MR) is 138 cm³/mol. The van der Waals surface area contributed by atoms with E-state index < -0.39 is 11.7 Å². The number of rotatable bonds is 4. The molecule has 0 unspecified atom stereocenters. The number of pyridine rings is 1. The van der Waals surface area contributed by atoms with Gasteiger partial charge in [0.15, 0.2) is 5.65 Å². The zero-order chi connectivity index (χ0) is 25.6. The van der Waals surface area contributed by atoms with Gasteiger partial charge in [-0.2, -0.15) is 13.2 Å². The van der Waals surface area contributed by atoms with E-state index in [1.54, 1.807) is 18.6 Å². The van der Waals surface area contributed by atoms with Crippen LogP contribution in [0.15, 0.2) is 73.7 Å². The fourth-order valence-corrected chi connectivity index (χ4v) is 4.30. The van der Waals surface area contributed by atoms with Crippen LogP contribution < -0.4 is 11.5 Å². The lowest BCUT2D eigenvalue weighted by atomic mass is 9.96. The van der Waals surface area contributed by atoms with E-state index in [-0.39, 0.29) is 11.8 Å². The van der Waals surface area contributed by atoms with Crippen LogP contribution in [0.3, 0.4) is 0 Å². The fraction of sp³-hybridized carbons (Fsp3) is 0.0769. The number of benzene rings is 2. The van der Waals surface area contributed by atoms with Crippen molar-refractivity contribution in [2.75, 3.05) is 5.32 Å². The minimum atomic E-state index is -4.45. The maximum absolute atomic E-state index is 13.2. The van der Waals surface area contributed by atoms with Gasteiger partial charge in [0.05, 0.1) is 23.1 Å². The highest BCUT2D eigenvalue weighted by Gasteiger charge is 2.30. The quantitative estimate of drug-likeness (QED) is 0.250. The SMILES string of the molecule is Cc1ccc2c(Nc3cccc(C(F)(F)F)c3)ncnc2c1-c1ncccc1-c1ncnc2[nH]cnc12.N. The number of nitrogens with one attached hydrogen (secondary N) is 2. The molecule has 0 fully saturated rings. The summed E-state index contributed by atoms with van der Waals surface area (Å²) in [5, 5.41) is 3.65. The molecule has 12 heteroatoms. The van der Waals surface area contributed by atoms with Gasteiger partial charge in [0.1, 0.15) is 29.7 Å². The Morgan fingerprint density at radius 1 is 0.816 bits per heavy atom. The normalized spacial score (nSPS) is 11.5.